The van der Waals surface area contributed by atoms with Crippen LogP contribution in [0.4, 0.5) is 0 Å². The van der Waals surface area contributed by atoms with Gasteiger partial charge in [-0.25, -0.2) is 13.1 Å². The Balaban J connectivity index is 1.37. The van der Waals surface area contributed by atoms with E-state index >= 15 is 0 Å². The molecule has 2 N–H and O–H groups in total. The van der Waals surface area contributed by atoms with Crippen LogP contribution in [0.25, 0.3) is 11.1 Å². The maximum absolute atomic E-state index is 12.6. The third-order valence-corrected chi connectivity index (χ3v) is 6.89. The maximum Gasteiger partial charge on any atom is 0.251 e. The second-order valence-corrected chi connectivity index (χ2v) is 9.52. The van der Waals surface area contributed by atoms with Crippen molar-refractivity contribution in [2.45, 2.75) is 30.4 Å². The van der Waals surface area contributed by atoms with Gasteiger partial charge in [-0.05, 0) is 53.8 Å². The minimum atomic E-state index is -3.60. The van der Waals surface area contributed by atoms with Crippen LogP contribution in [0.1, 0.15) is 28.8 Å². The fourth-order valence-corrected chi connectivity index (χ4v) is 4.63. The first-order valence-corrected chi connectivity index (χ1v) is 12.1. The SMILES string of the molecule is O=C(NC[C@H]1CCCO1)c1ccc(-c2ccc(S(=O)(=O)NCc3ccccc3)cc2)cc1. The Bertz CT molecular complexity index is 1140. The first kappa shape index (κ1) is 22.2. The molecular formula is C25H26N2O4S. The van der Waals surface area contributed by atoms with Crippen molar-refractivity contribution in [1.29, 1.82) is 0 Å². The highest BCUT2D eigenvalue weighted by atomic mass is 32.2. The molecule has 0 aliphatic carbocycles. The van der Waals surface area contributed by atoms with E-state index in [1.165, 1.54) is 0 Å². The highest BCUT2D eigenvalue weighted by Gasteiger charge is 2.17. The molecule has 4 rings (SSSR count). The van der Waals surface area contributed by atoms with Gasteiger partial charge in [0, 0.05) is 25.3 Å². The number of carbonyl (C=O) groups is 1. The second kappa shape index (κ2) is 10.1. The number of carbonyl (C=O) groups excluding carboxylic acids is 1. The van der Waals surface area contributed by atoms with E-state index in [0.29, 0.717) is 12.1 Å². The van der Waals surface area contributed by atoms with E-state index in [0.717, 1.165) is 36.1 Å². The van der Waals surface area contributed by atoms with Crippen LogP contribution < -0.4 is 10.0 Å². The van der Waals surface area contributed by atoms with Gasteiger partial charge in [-0.1, -0.05) is 54.6 Å². The number of rotatable bonds is 8. The van der Waals surface area contributed by atoms with Crippen LogP contribution in [0.15, 0.2) is 83.8 Å². The number of hydrogen-bond acceptors (Lipinski definition) is 4. The zero-order chi connectivity index (χ0) is 22.4. The molecule has 1 saturated heterocycles. The number of benzene rings is 3. The summed E-state index contributed by atoms with van der Waals surface area (Å²) in [4.78, 5) is 12.5. The fraction of sp³-hybridized carbons (Fsp3) is 0.240. The molecule has 0 aromatic heterocycles. The monoisotopic (exact) mass is 450 g/mol. The van der Waals surface area contributed by atoms with Crippen LogP contribution in [-0.4, -0.2) is 33.6 Å². The van der Waals surface area contributed by atoms with Gasteiger partial charge >= 0.3 is 0 Å². The Morgan fingerprint density at radius 2 is 1.56 bits per heavy atom. The quantitative estimate of drug-likeness (QED) is 0.548. The first-order chi connectivity index (χ1) is 15.5. The number of amides is 1. The topological polar surface area (TPSA) is 84.5 Å². The number of hydrogen-bond donors (Lipinski definition) is 2. The van der Waals surface area contributed by atoms with Crippen LogP contribution in [0.5, 0.6) is 0 Å². The Morgan fingerprint density at radius 3 is 2.19 bits per heavy atom. The molecule has 1 amide bonds. The predicted octanol–water partition coefficient (Wildman–Crippen LogP) is 3.74. The molecule has 0 spiro atoms. The van der Waals surface area contributed by atoms with Gasteiger partial charge in [0.1, 0.15) is 0 Å². The van der Waals surface area contributed by atoms with E-state index in [4.69, 9.17) is 4.74 Å². The average molecular weight is 451 g/mol. The lowest BCUT2D eigenvalue weighted by atomic mass is 10.0. The molecule has 0 bridgehead atoms. The molecular weight excluding hydrogens is 424 g/mol. The molecule has 3 aromatic carbocycles. The van der Waals surface area contributed by atoms with Crippen molar-refractivity contribution in [3.63, 3.8) is 0 Å². The summed E-state index contributed by atoms with van der Waals surface area (Å²) in [7, 11) is -3.60. The Hall–Kier alpha value is -3.00. The number of sulfonamides is 1. The first-order valence-electron chi connectivity index (χ1n) is 10.7. The fourth-order valence-electron chi connectivity index (χ4n) is 3.61. The van der Waals surface area contributed by atoms with Crippen molar-refractivity contribution < 1.29 is 17.9 Å². The van der Waals surface area contributed by atoms with Gasteiger partial charge in [0.25, 0.3) is 5.91 Å². The molecule has 1 atom stereocenters. The van der Waals surface area contributed by atoms with Gasteiger partial charge < -0.3 is 10.1 Å². The summed E-state index contributed by atoms with van der Waals surface area (Å²) in [6.07, 6.45) is 2.13. The van der Waals surface area contributed by atoms with E-state index in [-0.39, 0.29) is 23.5 Å². The Kier molecular flexibility index (Phi) is 6.99. The van der Waals surface area contributed by atoms with Crippen LogP contribution in [-0.2, 0) is 21.3 Å². The van der Waals surface area contributed by atoms with Gasteiger partial charge in [0.15, 0.2) is 0 Å². The highest BCUT2D eigenvalue weighted by Crippen LogP contribution is 2.22. The van der Waals surface area contributed by atoms with Crippen molar-refractivity contribution in [1.82, 2.24) is 10.0 Å². The molecule has 3 aromatic rings. The van der Waals surface area contributed by atoms with Crippen LogP contribution in [0, 0.1) is 0 Å². The smallest absolute Gasteiger partial charge is 0.251 e. The minimum absolute atomic E-state index is 0.107. The standard InChI is InChI=1S/C25H26N2O4S/c28-25(26-18-23-7-4-16-31-23)22-10-8-20(9-11-22)21-12-14-24(15-13-21)32(29,30)27-17-19-5-2-1-3-6-19/h1-3,5-6,8-15,23,27H,4,7,16-18H2,(H,26,28)/t23-/m1/s1. The zero-order valence-electron chi connectivity index (χ0n) is 17.7. The average Bonchev–Trinajstić information content (AvgIpc) is 3.36. The predicted molar refractivity (Wildman–Crippen MR) is 124 cm³/mol. The molecule has 166 valence electrons. The largest absolute Gasteiger partial charge is 0.376 e. The van der Waals surface area contributed by atoms with E-state index < -0.39 is 10.0 Å². The summed E-state index contributed by atoms with van der Waals surface area (Å²) in [6.45, 7) is 1.52. The number of nitrogens with one attached hydrogen (secondary N) is 2. The lowest BCUT2D eigenvalue weighted by molar-refractivity contribution is 0.0858. The third-order valence-electron chi connectivity index (χ3n) is 5.47. The van der Waals surface area contributed by atoms with Gasteiger partial charge in [-0.15, -0.1) is 0 Å². The molecule has 7 heteroatoms. The van der Waals surface area contributed by atoms with Crippen LogP contribution >= 0.6 is 0 Å². The van der Waals surface area contributed by atoms with Crippen LogP contribution in [0.2, 0.25) is 0 Å². The minimum Gasteiger partial charge on any atom is -0.376 e. The lowest BCUT2D eigenvalue weighted by Gasteiger charge is -2.11. The second-order valence-electron chi connectivity index (χ2n) is 7.76. The van der Waals surface area contributed by atoms with E-state index in [1.807, 2.05) is 42.5 Å². The van der Waals surface area contributed by atoms with Crippen LogP contribution in [0.3, 0.4) is 0 Å². The van der Waals surface area contributed by atoms with Crippen molar-refractivity contribution in [2.24, 2.45) is 0 Å². The molecule has 1 aliphatic rings. The molecule has 1 aliphatic heterocycles. The van der Waals surface area contributed by atoms with E-state index in [2.05, 4.69) is 10.0 Å². The maximum atomic E-state index is 12.6. The lowest BCUT2D eigenvalue weighted by Crippen LogP contribution is -2.31. The van der Waals surface area contributed by atoms with E-state index in [1.54, 1.807) is 36.4 Å². The summed E-state index contributed by atoms with van der Waals surface area (Å²) in [5, 5.41) is 2.91. The van der Waals surface area contributed by atoms with Gasteiger partial charge in [-0.3, -0.25) is 4.79 Å². The molecule has 32 heavy (non-hydrogen) atoms. The zero-order valence-corrected chi connectivity index (χ0v) is 18.5. The Labute approximate surface area is 188 Å². The molecule has 1 heterocycles. The highest BCUT2D eigenvalue weighted by molar-refractivity contribution is 7.89. The van der Waals surface area contributed by atoms with Crippen molar-refractivity contribution in [2.75, 3.05) is 13.2 Å². The van der Waals surface area contributed by atoms with Gasteiger partial charge in [-0.2, -0.15) is 0 Å². The summed E-state index contributed by atoms with van der Waals surface area (Å²) >= 11 is 0. The normalized spacial score (nSPS) is 16.1. The molecule has 6 nitrogen and oxygen atoms in total. The van der Waals surface area contributed by atoms with Gasteiger partial charge in [0.05, 0.1) is 11.0 Å². The number of ether oxygens (including phenoxy) is 1. The van der Waals surface area contributed by atoms with Crippen molar-refractivity contribution >= 4 is 15.9 Å². The van der Waals surface area contributed by atoms with E-state index in [9.17, 15) is 13.2 Å². The third kappa shape index (κ3) is 5.62. The molecule has 0 saturated carbocycles. The molecule has 0 unspecified atom stereocenters. The summed E-state index contributed by atoms with van der Waals surface area (Å²) in [5.41, 5.74) is 3.25. The van der Waals surface area contributed by atoms with Crippen molar-refractivity contribution in [3.8, 4) is 11.1 Å². The molecule has 0 radical (unpaired) electrons. The molecule has 1 fully saturated rings. The summed E-state index contributed by atoms with van der Waals surface area (Å²) in [5.74, 6) is -0.127. The summed E-state index contributed by atoms with van der Waals surface area (Å²) in [6, 6.07) is 23.4. The van der Waals surface area contributed by atoms with Gasteiger partial charge in [0.2, 0.25) is 10.0 Å². The Morgan fingerprint density at radius 1 is 0.906 bits per heavy atom. The van der Waals surface area contributed by atoms with Crippen molar-refractivity contribution in [3.05, 3.63) is 90.0 Å². The summed E-state index contributed by atoms with van der Waals surface area (Å²) < 4.78 is 33.3.